The number of aliphatic hydroxyl groups is 1. The molecule has 1 unspecified atom stereocenters. The Kier molecular flexibility index (Phi) is 9.96. The highest BCUT2D eigenvalue weighted by molar-refractivity contribution is 7.81. The second kappa shape index (κ2) is 12.8. The Balaban J connectivity index is 2.08. The van der Waals surface area contributed by atoms with Crippen molar-refractivity contribution in [3.8, 4) is 11.1 Å². The van der Waals surface area contributed by atoms with Gasteiger partial charge < -0.3 is 15.5 Å². The summed E-state index contributed by atoms with van der Waals surface area (Å²) in [4.78, 5) is 29.2. The van der Waals surface area contributed by atoms with E-state index in [0.717, 1.165) is 0 Å². The van der Waals surface area contributed by atoms with Crippen LogP contribution in [0.5, 0.6) is 0 Å². The van der Waals surface area contributed by atoms with Gasteiger partial charge in [0.2, 0.25) is 12.2 Å². The number of carboxylic acid groups (broad SMARTS) is 1. The van der Waals surface area contributed by atoms with E-state index in [-0.39, 0.29) is 23.9 Å². The van der Waals surface area contributed by atoms with E-state index in [1.165, 1.54) is 10.6 Å². The lowest BCUT2D eigenvalue weighted by Gasteiger charge is -2.22. The van der Waals surface area contributed by atoms with Gasteiger partial charge in [-0.05, 0) is 55.9 Å². The van der Waals surface area contributed by atoms with Gasteiger partial charge in [0, 0.05) is 12.0 Å². The van der Waals surface area contributed by atoms with Gasteiger partial charge in [-0.2, -0.15) is 12.6 Å². The number of amides is 1. The number of nitrogens with one attached hydrogen (secondary N) is 1. The maximum Gasteiger partial charge on any atom is 0.336 e. The largest absolute Gasteiger partial charge is 0.478 e. The molecular weight excluding hydrogens is 517 g/mol. The molecule has 0 aliphatic carbocycles. The van der Waals surface area contributed by atoms with Crippen LogP contribution in [-0.4, -0.2) is 36.9 Å². The van der Waals surface area contributed by atoms with E-state index < -0.39 is 23.1 Å². The van der Waals surface area contributed by atoms with Crippen molar-refractivity contribution in [2.75, 3.05) is 0 Å². The van der Waals surface area contributed by atoms with E-state index in [0.29, 0.717) is 53.2 Å². The number of hydrogen-bond donors (Lipinski definition) is 4. The highest BCUT2D eigenvalue weighted by Crippen LogP contribution is 2.33. The predicted molar refractivity (Wildman–Crippen MR) is 154 cm³/mol. The summed E-state index contributed by atoms with van der Waals surface area (Å²) in [6, 6.07) is 13.3. The highest BCUT2D eigenvalue weighted by Gasteiger charge is 2.31. The number of alkyl halides is 1. The first-order chi connectivity index (χ1) is 18.3. The Bertz CT molecular complexity index is 1320. The lowest BCUT2D eigenvalue weighted by Crippen LogP contribution is -2.34. The van der Waals surface area contributed by atoms with Crippen molar-refractivity contribution in [1.82, 2.24) is 14.9 Å². The number of aromatic nitrogens is 2. The summed E-state index contributed by atoms with van der Waals surface area (Å²) in [6.45, 7) is 9.09. The van der Waals surface area contributed by atoms with Gasteiger partial charge in [-0.25, -0.2) is 14.2 Å². The monoisotopic (exact) mass is 555 g/mol. The Morgan fingerprint density at radius 1 is 1.15 bits per heavy atom. The molecule has 39 heavy (non-hydrogen) atoms. The molecule has 2 atom stereocenters. The van der Waals surface area contributed by atoms with Crippen LogP contribution in [0.3, 0.4) is 0 Å². The van der Waals surface area contributed by atoms with Gasteiger partial charge in [-0.15, -0.1) is 0 Å². The molecule has 0 saturated heterocycles. The number of carbonyl (C=O) groups is 2. The molecule has 2 aromatic carbocycles. The van der Waals surface area contributed by atoms with Gasteiger partial charge in [-0.3, -0.25) is 9.36 Å². The smallest absolute Gasteiger partial charge is 0.336 e. The molecular formula is C30H38FN3O4S. The molecule has 0 aliphatic rings. The van der Waals surface area contributed by atoms with Gasteiger partial charge in [-0.1, -0.05) is 57.2 Å². The first kappa shape index (κ1) is 30.4. The van der Waals surface area contributed by atoms with Crippen molar-refractivity contribution in [3.05, 3.63) is 76.9 Å². The Hall–Kier alpha value is -3.17. The van der Waals surface area contributed by atoms with Crippen LogP contribution >= 0.6 is 12.6 Å². The topological polar surface area (TPSA) is 104 Å². The summed E-state index contributed by atoms with van der Waals surface area (Å²) in [5.41, 5.74) is 0.740. The number of thiol groups is 1. The summed E-state index contributed by atoms with van der Waals surface area (Å²) in [5, 5.41) is 22.9. The molecule has 0 spiro atoms. The van der Waals surface area contributed by atoms with E-state index in [9.17, 15) is 19.8 Å². The molecule has 1 amide bonds. The van der Waals surface area contributed by atoms with Gasteiger partial charge in [0.05, 0.1) is 28.7 Å². The Labute approximate surface area is 234 Å². The highest BCUT2D eigenvalue weighted by atomic mass is 32.1. The van der Waals surface area contributed by atoms with Crippen LogP contribution in [0, 0.1) is 5.92 Å². The summed E-state index contributed by atoms with van der Waals surface area (Å²) < 4.78 is 18.0. The zero-order chi connectivity index (χ0) is 28.9. The summed E-state index contributed by atoms with van der Waals surface area (Å²) in [6.07, 6.45) is 0.0484. The fraction of sp³-hybridized carbons (Fsp3) is 0.433. The molecule has 3 N–H and O–H groups in total. The van der Waals surface area contributed by atoms with Crippen LogP contribution in [0.25, 0.3) is 11.1 Å². The molecule has 1 heterocycles. The minimum Gasteiger partial charge on any atom is -0.478 e. The number of carbonyl (C=O) groups excluding carboxylic acids is 1. The van der Waals surface area contributed by atoms with Crippen LogP contribution in [-0.2, 0) is 23.4 Å². The number of hydrogen-bond acceptors (Lipinski definition) is 5. The van der Waals surface area contributed by atoms with Gasteiger partial charge in [0.1, 0.15) is 11.4 Å². The van der Waals surface area contributed by atoms with Gasteiger partial charge in [0.25, 0.3) is 0 Å². The van der Waals surface area contributed by atoms with E-state index in [2.05, 4.69) is 22.9 Å². The number of nitrogens with zero attached hydrogens (tertiary/aromatic N) is 2. The van der Waals surface area contributed by atoms with Crippen molar-refractivity contribution >= 4 is 24.5 Å². The standard InChI is InChI=1S/C30H38FN3O4S/c1-6-10-25-33-26(30(4,5)38)23(17-32-28(35)24(39)15-18(2)3)34(25)27(31)20-12-9-11-19(16-20)21-13-7-8-14-22(21)29(36)37/h7-9,11-14,16,18,24,27,38-39H,6,10,15,17H2,1-5H3,(H,32,35)(H,36,37)/t24-,27?/m0/s1. The second-order valence-corrected chi connectivity index (χ2v) is 11.3. The molecule has 210 valence electrons. The van der Waals surface area contributed by atoms with Gasteiger partial charge >= 0.3 is 5.97 Å². The molecule has 7 nitrogen and oxygen atoms in total. The molecule has 3 aromatic rings. The molecule has 0 fully saturated rings. The molecule has 0 aliphatic heterocycles. The molecule has 0 bridgehead atoms. The summed E-state index contributed by atoms with van der Waals surface area (Å²) in [5.74, 6) is -0.616. The maximum absolute atomic E-state index is 16.5. The quantitative estimate of drug-likeness (QED) is 0.208. The molecule has 3 rings (SSSR count). The van der Waals surface area contributed by atoms with Crippen molar-refractivity contribution in [2.45, 2.75) is 77.6 Å². The van der Waals surface area contributed by atoms with E-state index in [1.54, 1.807) is 56.3 Å². The molecule has 0 radical (unpaired) electrons. The van der Waals surface area contributed by atoms with Crippen LogP contribution < -0.4 is 5.32 Å². The summed E-state index contributed by atoms with van der Waals surface area (Å²) >= 11 is 4.42. The third-order valence-electron chi connectivity index (χ3n) is 6.42. The lowest BCUT2D eigenvalue weighted by atomic mass is 9.97. The number of carboxylic acids is 1. The molecule has 9 heteroatoms. The number of halogens is 1. The number of aromatic carboxylic acids is 1. The fourth-order valence-corrected chi connectivity index (χ4v) is 5.12. The third-order valence-corrected chi connectivity index (χ3v) is 6.87. The third kappa shape index (κ3) is 7.28. The van der Waals surface area contributed by atoms with Gasteiger partial charge in [0.15, 0.2) is 0 Å². The van der Waals surface area contributed by atoms with Crippen molar-refractivity contribution in [2.24, 2.45) is 5.92 Å². The van der Waals surface area contributed by atoms with Crippen LogP contribution in [0.1, 0.15) is 86.9 Å². The molecule has 1 aromatic heterocycles. The van der Waals surface area contributed by atoms with Crippen molar-refractivity contribution < 1.29 is 24.2 Å². The number of aryl methyl sites for hydroxylation is 1. The fourth-order valence-electron chi connectivity index (χ4n) is 4.61. The Morgan fingerprint density at radius 3 is 2.46 bits per heavy atom. The number of imidazole rings is 1. The maximum atomic E-state index is 16.5. The summed E-state index contributed by atoms with van der Waals surface area (Å²) in [7, 11) is 0. The van der Waals surface area contributed by atoms with Crippen LogP contribution in [0.2, 0.25) is 0 Å². The average molecular weight is 556 g/mol. The minimum atomic E-state index is -1.69. The average Bonchev–Trinajstić information content (AvgIpc) is 3.25. The van der Waals surface area contributed by atoms with E-state index >= 15 is 4.39 Å². The molecule has 0 saturated carbocycles. The second-order valence-electron chi connectivity index (χ2n) is 10.7. The predicted octanol–water partition coefficient (Wildman–Crippen LogP) is 5.91. The zero-order valence-electron chi connectivity index (χ0n) is 23.1. The van der Waals surface area contributed by atoms with Crippen molar-refractivity contribution in [3.63, 3.8) is 0 Å². The van der Waals surface area contributed by atoms with E-state index in [4.69, 9.17) is 0 Å². The first-order valence-corrected chi connectivity index (χ1v) is 13.7. The Morgan fingerprint density at radius 2 is 1.85 bits per heavy atom. The zero-order valence-corrected chi connectivity index (χ0v) is 24.0. The van der Waals surface area contributed by atoms with Crippen LogP contribution in [0.4, 0.5) is 4.39 Å². The first-order valence-electron chi connectivity index (χ1n) is 13.2. The normalized spacial score (nSPS) is 13.4. The number of rotatable bonds is 12. The van der Waals surface area contributed by atoms with Crippen molar-refractivity contribution in [1.29, 1.82) is 0 Å². The van der Waals surface area contributed by atoms with Crippen LogP contribution in [0.15, 0.2) is 48.5 Å². The van der Waals surface area contributed by atoms with E-state index in [1.807, 2.05) is 20.8 Å². The lowest BCUT2D eigenvalue weighted by molar-refractivity contribution is -0.121. The minimum absolute atomic E-state index is 0.0357. The number of benzene rings is 2. The SMILES string of the molecule is CCCc1nc(C(C)(C)O)c(CNC(=O)[C@@H](S)CC(C)C)n1C(F)c1cccc(-c2ccccc2C(=O)O)c1.